The van der Waals surface area contributed by atoms with Crippen molar-refractivity contribution in [1.29, 1.82) is 0 Å². The predicted molar refractivity (Wildman–Crippen MR) is 119 cm³/mol. The van der Waals surface area contributed by atoms with E-state index >= 15 is 0 Å². The number of carbonyl (C=O) groups is 2. The summed E-state index contributed by atoms with van der Waals surface area (Å²) in [5.74, 6) is -1.10. The fraction of sp³-hybridized carbons (Fsp3) is 0.417. The molecule has 0 heterocycles. The third-order valence-corrected chi connectivity index (χ3v) is 5.23. The first-order valence-electron chi connectivity index (χ1n) is 10.1. The molecule has 0 aliphatic heterocycles. The third kappa shape index (κ3) is 6.30. The summed E-state index contributed by atoms with van der Waals surface area (Å²) in [6.45, 7) is 9.76. The van der Waals surface area contributed by atoms with Gasteiger partial charge < -0.3 is 10.2 Å². The summed E-state index contributed by atoms with van der Waals surface area (Å²) in [5, 5.41) is 3.16. The molecule has 162 valence electrons. The summed E-state index contributed by atoms with van der Waals surface area (Å²) in [7, 11) is 0. The normalized spacial score (nSPS) is 12.4. The van der Waals surface area contributed by atoms with Gasteiger partial charge in [0, 0.05) is 22.7 Å². The van der Waals surface area contributed by atoms with Gasteiger partial charge in [0.25, 0.3) is 0 Å². The molecule has 0 aliphatic carbocycles. The number of hydrogen-bond donors (Lipinski definition) is 1. The molecule has 30 heavy (non-hydrogen) atoms. The smallest absolute Gasteiger partial charge is 0.243 e. The number of amides is 2. The Labute approximate surface area is 183 Å². The summed E-state index contributed by atoms with van der Waals surface area (Å²) in [4.78, 5) is 27.8. The highest BCUT2D eigenvalue weighted by atomic mass is 35.5. The van der Waals surface area contributed by atoms with E-state index in [2.05, 4.69) is 5.32 Å². The molecule has 1 N–H and O–H groups in total. The zero-order chi connectivity index (χ0) is 22.5. The summed E-state index contributed by atoms with van der Waals surface area (Å²) in [6, 6.07) is 11.4. The fourth-order valence-electron chi connectivity index (χ4n) is 3.30. The average Bonchev–Trinajstić information content (AvgIpc) is 2.64. The van der Waals surface area contributed by atoms with Crippen LogP contribution >= 0.6 is 11.6 Å². The molecule has 0 saturated carbocycles. The molecule has 2 amide bonds. The molecule has 0 unspecified atom stereocenters. The van der Waals surface area contributed by atoms with Gasteiger partial charge in [0.2, 0.25) is 11.8 Å². The van der Waals surface area contributed by atoms with Crippen LogP contribution in [-0.4, -0.2) is 28.3 Å². The lowest BCUT2D eigenvalue weighted by Gasteiger charge is -2.33. The molecule has 0 fully saturated rings. The van der Waals surface area contributed by atoms with Gasteiger partial charge in [-0.2, -0.15) is 0 Å². The van der Waals surface area contributed by atoms with Crippen LogP contribution in [-0.2, 0) is 22.6 Å². The zero-order valence-corrected chi connectivity index (χ0v) is 19.0. The van der Waals surface area contributed by atoms with E-state index in [4.69, 9.17) is 11.6 Å². The first kappa shape index (κ1) is 23.9. The van der Waals surface area contributed by atoms with E-state index in [1.807, 2.05) is 58.9 Å². The molecule has 0 aromatic heterocycles. The van der Waals surface area contributed by atoms with Gasteiger partial charge in [0.05, 0.1) is 6.42 Å². The van der Waals surface area contributed by atoms with E-state index in [1.54, 1.807) is 6.07 Å². The van der Waals surface area contributed by atoms with Crippen molar-refractivity contribution in [3.8, 4) is 0 Å². The Kier molecular flexibility index (Phi) is 8.02. The van der Waals surface area contributed by atoms with Crippen LogP contribution in [0.1, 0.15) is 50.8 Å². The van der Waals surface area contributed by atoms with Gasteiger partial charge in [0.15, 0.2) is 0 Å². The van der Waals surface area contributed by atoms with Gasteiger partial charge in [-0.05, 0) is 57.4 Å². The molecule has 0 spiro atoms. The van der Waals surface area contributed by atoms with Crippen LogP contribution in [0.5, 0.6) is 0 Å². The Bertz CT molecular complexity index is 888. The largest absolute Gasteiger partial charge is 0.350 e. The molecule has 2 rings (SSSR count). The van der Waals surface area contributed by atoms with Crippen molar-refractivity contribution in [1.82, 2.24) is 10.2 Å². The first-order valence-corrected chi connectivity index (χ1v) is 10.5. The number of hydrogen-bond acceptors (Lipinski definition) is 2. The van der Waals surface area contributed by atoms with Crippen molar-refractivity contribution >= 4 is 23.4 Å². The number of benzene rings is 2. The topological polar surface area (TPSA) is 49.4 Å². The number of aryl methyl sites for hydroxylation is 1. The molecule has 0 bridgehead atoms. The van der Waals surface area contributed by atoms with Crippen molar-refractivity contribution in [3.05, 3.63) is 70.0 Å². The zero-order valence-electron chi connectivity index (χ0n) is 18.3. The van der Waals surface area contributed by atoms with Crippen molar-refractivity contribution in [3.63, 3.8) is 0 Å². The number of nitrogens with zero attached hydrogens (tertiary/aromatic N) is 1. The van der Waals surface area contributed by atoms with E-state index in [1.165, 1.54) is 17.0 Å². The van der Waals surface area contributed by atoms with Crippen LogP contribution in [0.4, 0.5) is 4.39 Å². The van der Waals surface area contributed by atoms with E-state index in [0.717, 1.165) is 11.1 Å². The molecule has 0 aliphatic rings. The number of carbonyl (C=O) groups excluding carboxylic acids is 2. The van der Waals surface area contributed by atoms with Crippen LogP contribution in [0.25, 0.3) is 0 Å². The minimum absolute atomic E-state index is 0.144. The molecule has 0 saturated heterocycles. The minimum Gasteiger partial charge on any atom is -0.350 e. The van der Waals surface area contributed by atoms with Gasteiger partial charge in [-0.15, -0.1) is 0 Å². The van der Waals surface area contributed by atoms with Gasteiger partial charge in [-0.1, -0.05) is 48.9 Å². The Balaban J connectivity index is 2.40. The summed E-state index contributed by atoms with van der Waals surface area (Å²) >= 11 is 6.14. The monoisotopic (exact) mass is 432 g/mol. The Hall–Kier alpha value is -2.40. The molecule has 2 aromatic rings. The maximum Gasteiger partial charge on any atom is 0.243 e. The lowest BCUT2D eigenvalue weighted by atomic mass is 10.0. The maximum absolute atomic E-state index is 14.3. The molecule has 0 radical (unpaired) electrons. The molecular weight excluding hydrogens is 403 g/mol. The van der Waals surface area contributed by atoms with Crippen LogP contribution in [0, 0.1) is 12.7 Å². The minimum atomic E-state index is -0.679. The highest BCUT2D eigenvalue weighted by Crippen LogP contribution is 2.23. The Morgan fingerprint density at radius 3 is 2.37 bits per heavy atom. The van der Waals surface area contributed by atoms with Crippen LogP contribution in [0.2, 0.25) is 5.02 Å². The van der Waals surface area contributed by atoms with Gasteiger partial charge in [0.1, 0.15) is 11.9 Å². The second-order valence-corrected chi connectivity index (χ2v) is 8.90. The molecule has 2 aromatic carbocycles. The van der Waals surface area contributed by atoms with Crippen molar-refractivity contribution in [2.45, 2.75) is 65.6 Å². The third-order valence-electron chi connectivity index (χ3n) is 4.88. The quantitative estimate of drug-likeness (QED) is 0.665. The van der Waals surface area contributed by atoms with Crippen molar-refractivity contribution in [2.75, 3.05) is 0 Å². The number of halogens is 2. The summed E-state index contributed by atoms with van der Waals surface area (Å²) < 4.78 is 14.3. The average molecular weight is 433 g/mol. The summed E-state index contributed by atoms with van der Waals surface area (Å²) in [5.41, 5.74) is 1.67. The molecular formula is C24H30ClFN2O2. The SMILES string of the molecule is CC[C@H](C(=O)NC(C)(C)C)N(Cc1ccccc1C)C(=O)Cc1c(F)cccc1Cl. The van der Waals surface area contributed by atoms with E-state index in [-0.39, 0.29) is 35.4 Å². The first-order chi connectivity index (χ1) is 14.0. The van der Waals surface area contributed by atoms with E-state index in [0.29, 0.717) is 6.42 Å². The van der Waals surface area contributed by atoms with Gasteiger partial charge in [-0.3, -0.25) is 9.59 Å². The van der Waals surface area contributed by atoms with Crippen molar-refractivity contribution < 1.29 is 14.0 Å². The summed E-state index contributed by atoms with van der Waals surface area (Å²) in [6.07, 6.45) is 0.223. The van der Waals surface area contributed by atoms with Crippen LogP contribution in [0.3, 0.4) is 0 Å². The Morgan fingerprint density at radius 2 is 1.80 bits per heavy atom. The standard InChI is InChI=1S/C24H30ClFN2O2/c1-6-21(23(30)27-24(3,4)5)28(15-17-11-8-7-10-16(17)2)22(29)14-18-19(25)12-9-13-20(18)26/h7-13,21H,6,14-15H2,1-5H3,(H,27,30)/t21-/m1/s1. The Morgan fingerprint density at radius 1 is 1.13 bits per heavy atom. The fourth-order valence-corrected chi connectivity index (χ4v) is 3.53. The molecule has 1 atom stereocenters. The highest BCUT2D eigenvalue weighted by molar-refractivity contribution is 6.31. The molecule has 6 heteroatoms. The maximum atomic E-state index is 14.3. The predicted octanol–water partition coefficient (Wildman–Crippen LogP) is 5.05. The van der Waals surface area contributed by atoms with Crippen molar-refractivity contribution in [2.24, 2.45) is 0 Å². The molecule has 4 nitrogen and oxygen atoms in total. The number of rotatable bonds is 7. The van der Waals surface area contributed by atoms with Gasteiger partial charge >= 0.3 is 0 Å². The number of nitrogens with one attached hydrogen (secondary N) is 1. The van der Waals surface area contributed by atoms with E-state index < -0.39 is 17.4 Å². The second-order valence-electron chi connectivity index (χ2n) is 8.49. The lowest BCUT2D eigenvalue weighted by molar-refractivity contribution is -0.141. The van der Waals surface area contributed by atoms with Crippen LogP contribution < -0.4 is 5.32 Å². The van der Waals surface area contributed by atoms with E-state index in [9.17, 15) is 14.0 Å². The van der Waals surface area contributed by atoms with Gasteiger partial charge in [-0.25, -0.2) is 4.39 Å². The van der Waals surface area contributed by atoms with Crippen LogP contribution in [0.15, 0.2) is 42.5 Å². The lowest BCUT2D eigenvalue weighted by Crippen LogP contribution is -2.53. The second kappa shape index (κ2) is 10.1. The highest BCUT2D eigenvalue weighted by Gasteiger charge is 2.31.